The van der Waals surface area contributed by atoms with E-state index in [4.69, 9.17) is 14.2 Å². The van der Waals surface area contributed by atoms with Crippen molar-refractivity contribution in [1.82, 2.24) is 0 Å². The summed E-state index contributed by atoms with van der Waals surface area (Å²) >= 11 is 0. The molecular formula is C11H20N2O4. The van der Waals surface area contributed by atoms with E-state index in [-0.39, 0.29) is 5.71 Å². The summed E-state index contributed by atoms with van der Waals surface area (Å²) in [6.45, 7) is 4.52. The number of esters is 1. The molecule has 0 aromatic heterocycles. The first-order valence-electron chi connectivity index (χ1n) is 5.40. The van der Waals surface area contributed by atoms with E-state index in [2.05, 4.69) is 10.2 Å². The van der Waals surface area contributed by atoms with Crippen LogP contribution in [-0.2, 0) is 19.0 Å². The van der Waals surface area contributed by atoms with Gasteiger partial charge in [-0.3, -0.25) is 0 Å². The largest absolute Gasteiger partial charge is 0.461 e. The quantitative estimate of drug-likeness (QED) is 0.363. The lowest BCUT2D eigenvalue weighted by atomic mass is 10.3. The zero-order valence-electron chi connectivity index (χ0n) is 10.9. The molecule has 0 unspecified atom stereocenters. The highest BCUT2D eigenvalue weighted by Gasteiger charge is 2.06. The van der Waals surface area contributed by atoms with Gasteiger partial charge in [0.15, 0.2) is 0 Å². The van der Waals surface area contributed by atoms with E-state index < -0.39 is 5.97 Å². The van der Waals surface area contributed by atoms with Gasteiger partial charge < -0.3 is 14.2 Å². The summed E-state index contributed by atoms with van der Waals surface area (Å²) in [4.78, 5) is 11.2. The van der Waals surface area contributed by atoms with Gasteiger partial charge in [-0.2, -0.15) is 5.10 Å². The van der Waals surface area contributed by atoms with Crippen molar-refractivity contribution in [1.29, 1.82) is 0 Å². The van der Waals surface area contributed by atoms with Gasteiger partial charge in [0, 0.05) is 20.6 Å². The van der Waals surface area contributed by atoms with Crippen LogP contribution in [0.3, 0.4) is 0 Å². The molecule has 0 rings (SSSR count). The third-order valence-electron chi connectivity index (χ3n) is 1.82. The Morgan fingerprint density at radius 2 is 1.88 bits per heavy atom. The SMILES string of the molecule is CCOC(=O)/C(C)=N/N=C(/CCOC)COC. The van der Waals surface area contributed by atoms with E-state index in [1.807, 2.05) is 0 Å². The minimum absolute atomic E-state index is 0.220. The van der Waals surface area contributed by atoms with Crippen LogP contribution in [0.1, 0.15) is 20.3 Å². The van der Waals surface area contributed by atoms with E-state index in [1.165, 1.54) is 0 Å². The van der Waals surface area contributed by atoms with Crippen molar-refractivity contribution in [3.8, 4) is 0 Å². The monoisotopic (exact) mass is 244 g/mol. The van der Waals surface area contributed by atoms with Gasteiger partial charge in [-0.05, 0) is 13.8 Å². The maximum absolute atomic E-state index is 11.2. The Morgan fingerprint density at radius 1 is 1.18 bits per heavy atom. The summed E-state index contributed by atoms with van der Waals surface area (Å²) in [6, 6.07) is 0. The molecule has 17 heavy (non-hydrogen) atoms. The Kier molecular flexibility index (Phi) is 9.18. The normalized spacial score (nSPS) is 12.7. The lowest BCUT2D eigenvalue weighted by Crippen LogP contribution is -2.15. The Labute approximate surface area is 102 Å². The zero-order chi connectivity index (χ0) is 13.1. The van der Waals surface area contributed by atoms with E-state index >= 15 is 0 Å². The molecule has 0 bridgehead atoms. The predicted octanol–water partition coefficient (Wildman–Crippen LogP) is 1.05. The maximum Gasteiger partial charge on any atom is 0.354 e. The van der Waals surface area contributed by atoms with Crippen LogP contribution in [0.15, 0.2) is 10.2 Å². The first kappa shape index (κ1) is 15.7. The van der Waals surface area contributed by atoms with Gasteiger partial charge in [0.1, 0.15) is 5.71 Å². The molecule has 0 spiro atoms. The van der Waals surface area contributed by atoms with Gasteiger partial charge in [0.2, 0.25) is 0 Å². The highest BCUT2D eigenvalue weighted by atomic mass is 16.5. The van der Waals surface area contributed by atoms with Gasteiger partial charge in [-0.1, -0.05) is 0 Å². The van der Waals surface area contributed by atoms with Crippen LogP contribution in [0.25, 0.3) is 0 Å². The third-order valence-corrected chi connectivity index (χ3v) is 1.82. The average Bonchev–Trinajstić information content (AvgIpc) is 2.32. The second kappa shape index (κ2) is 9.92. The van der Waals surface area contributed by atoms with Crippen molar-refractivity contribution in [2.45, 2.75) is 20.3 Å². The molecule has 0 radical (unpaired) electrons. The molecule has 0 saturated heterocycles. The third kappa shape index (κ3) is 7.59. The van der Waals surface area contributed by atoms with E-state index in [1.54, 1.807) is 28.1 Å². The highest BCUT2D eigenvalue weighted by Crippen LogP contribution is 1.93. The molecule has 0 aromatic carbocycles. The van der Waals surface area contributed by atoms with Crippen LogP contribution >= 0.6 is 0 Å². The fraction of sp³-hybridized carbons (Fsp3) is 0.727. The van der Waals surface area contributed by atoms with Crippen LogP contribution < -0.4 is 0 Å². The minimum atomic E-state index is -0.459. The molecule has 98 valence electrons. The topological polar surface area (TPSA) is 69.5 Å². The molecule has 0 fully saturated rings. The average molecular weight is 244 g/mol. The molecule has 0 aromatic rings. The van der Waals surface area contributed by atoms with Crippen molar-refractivity contribution in [3.05, 3.63) is 0 Å². The first-order valence-corrected chi connectivity index (χ1v) is 5.40. The van der Waals surface area contributed by atoms with Gasteiger partial charge in [-0.15, -0.1) is 5.10 Å². The Morgan fingerprint density at radius 3 is 2.41 bits per heavy atom. The Balaban J connectivity index is 4.47. The number of nitrogens with zero attached hydrogens (tertiary/aromatic N) is 2. The minimum Gasteiger partial charge on any atom is -0.461 e. The Bertz CT molecular complexity index is 287. The van der Waals surface area contributed by atoms with Gasteiger partial charge in [0.05, 0.1) is 25.5 Å². The van der Waals surface area contributed by atoms with Crippen molar-refractivity contribution < 1.29 is 19.0 Å². The molecule has 6 nitrogen and oxygen atoms in total. The van der Waals surface area contributed by atoms with Crippen LogP contribution in [0.4, 0.5) is 0 Å². The zero-order valence-corrected chi connectivity index (χ0v) is 10.9. The number of hydrogen-bond donors (Lipinski definition) is 0. The van der Waals surface area contributed by atoms with Gasteiger partial charge in [-0.25, -0.2) is 4.79 Å². The summed E-state index contributed by atoms with van der Waals surface area (Å²) in [5, 5.41) is 7.76. The Hall–Kier alpha value is -1.27. The molecule has 0 amide bonds. The molecule has 0 aliphatic carbocycles. The predicted molar refractivity (Wildman–Crippen MR) is 65.5 cm³/mol. The van der Waals surface area contributed by atoms with Gasteiger partial charge >= 0.3 is 5.97 Å². The number of ether oxygens (including phenoxy) is 3. The molecule has 0 aliphatic rings. The summed E-state index contributed by atoms with van der Waals surface area (Å²) in [5.41, 5.74) is 0.941. The molecule has 0 N–H and O–H groups in total. The second-order valence-corrected chi connectivity index (χ2v) is 3.25. The molecule has 6 heteroatoms. The van der Waals surface area contributed by atoms with Crippen LogP contribution in [0.2, 0.25) is 0 Å². The van der Waals surface area contributed by atoms with Crippen LogP contribution in [-0.4, -0.2) is 51.4 Å². The molecule has 0 heterocycles. The van der Waals surface area contributed by atoms with Crippen LogP contribution in [0, 0.1) is 0 Å². The van der Waals surface area contributed by atoms with Crippen molar-refractivity contribution in [2.24, 2.45) is 10.2 Å². The molecular weight excluding hydrogens is 224 g/mol. The summed E-state index contributed by atoms with van der Waals surface area (Å²) in [6.07, 6.45) is 0.615. The maximum atomic E-state index is 11.2. The first-order chi connectivity index (χ1) is 8.15. The lowest BCUT2D eigenvalue weighted by molar-refractivity contribution is -0.135. The standard InChI is InChI=1S/C11H20N2O4/c1-5-17-11(14)9(2)12-13-10(8-16-4)6-7-15-3/h5-8H2,1-4H3/b12-9+,13-10-. The van der Waals surface area contributed by atoms with Crippen molar-refractivity contribution in [2.75, 3.05) is 34.0 Å². The number of carbonyl (C=O) groups is 1. The molecule has 0 atom stereocenters. The fourth-order valence-corrected chi connectivity index (χ4v) is 0.960. The second-order valence-electron chi connectivity index (χ2n) is 3.25. The highest BCUT2D eigenvalue weighted by molar-refractivity contribution is 6.35. The van der Waals surface area contributed by atoms with E-state index in [9.17, 15) is 4.79 Å². The molecule has 0 aliphatic heterocycles. The fourth-order valence-electron chi connectivity index (χ4n) is 0.960. The van der Waals surface area contributed by atoms with E-state index in [0.29, 0.717) is 26.2 Å². The van der Waals surface area contributed by atoms with Crippen molar-refractivity contribution in [3.63, 3.8) is 0 Å². The smallest absolute Gasteiger partial charge is 0.354 e. The molecule has 0 saturated carbocycles. The summed E-state index contributed by atoms with van der Waals surface area (Å²) in [7, 11) is 3.18. The lowest BCUT2D eigenvalue weighted by Gasteiger charge is -2.03. The summed E-state index contributed by atoms with van der Waals surface area (Å²) in [5.74, 6) is -0.459. The number of carbonyl (C=O) groups excluding carboxylic acids is 1. The number of methoxy groups -OCH3 is 2. The van der Waals surface area contributed by atoms with E-state index in [0.717, 1.165) is 5.71 Å². The van der Waals surface area contributed by atoms with Gasteiger partial charge in [0.25, 0.3) is 0 Å². The van der Waals surface area contributed by atoms with Crippen LogP contribution in [0.5, 0.6) is 0 Å². The number of rotatable bonds is 8. The summed E-state index contributed by atoms with van der Waals surface area (Å²) < 4.78 is 14.7. The number of hydrogen-bond acceptors (Lipinski definition) is 6. The van der Waals surface area contributed by atoms with Crippen molar-refractivity contribution >= 4 is 17.4 Å².